The number of hydrogen-bond acceptors (Lipinski definition) is 3. The SMILES string of the molecule is CCC.CCCC(CC1CC(=O)c2c(C)cc(C)cc2C1)C(CC)C(=O)CC(C)=O. The van der Waals surface area contributed by atoms with Crippen molar-refractivity contribution in [2.45, 2.75) is 99.8 Å². The van der Waals surface area contributed by atoms with Gasteiger partial charge in [0.2, 0.25) is 0 Å². The summed E-state index contributed by atoms with van der Waals surface area (Å²) in [5.74, 6) is 0.764. The predicted molar refractivity (Wildman–Crippen MR) is 125 cm³/mol. The minimum Gasteiger partial charge on any atom is -0.300 e. The van der Waals surface area contributed by atoms with Gasteiger partial charge in [-0.15, -0.1) is 0 Å². The van der Waals surface area contributed by atoms with Gasteiger partial charge in [0.05, 0.1) is 6.42 Å². The van der Waals surface area contributed by atoms with Gasteiger partial charge in [-0.25, -0.2) is 0 Å². The summed E-state index contributed by atoms with van der Waals surface area (Å²) in [7, 11) is 0. The predicted octanol–water partition coefficient (Wildman–Crippen LogP) is 6.85. The summed E-state index contributed by atoms with van der Waals surface area (Å²) in [5.41, 5.74) is 4.38. The zero-order valence-electron chi connectivity index (χ0n) is 20.3. The highest BCUT2D eigenvalue weighted by Gasteiger charge is 2.32. The first-order valence-corrected chi connectivity index (χ1v) is 11.8. The quantitative estimate of drug-likeness (QED) is 0.415. The Hall–Kier alpha value is -1.77. The fourth-order valence-corrected chi connectivity index (χ4v) is 5.01. The lowest BCUT2D eigenvalue weighted by Crippen LogP contribution is -2.29. The molecule has 0 amide bonds. The molecule has 0 radical (unpaired) electrons. The van der Waals surface area contributed by atoms with Gasteiger partial charge in [-0.05, 0) is 63.0 Å². The van der Waals surface area contributed by atoms with Gasteiger partial charge >= 0.3 is 0 Å². The molecule has 3 heteroatoms. The van der Waals surface area contributed by atoms with Crippen molar-refractivity contribution in [3.8, 4) is 0 Å². The molecule has 2 rings (SSSR count). The van der Waals surface area contributed by atoms with Crippen molar-refractivity contribution >= 4 is 17.3 Å². The lowest BCUT2D eigenvalue weighted by Gasteiger charge is -2.31. The monoisotopic (exact) mass is 414 g/mol. The van der Waals surface area contributed by atoms with Crippen LogP contribution < -0.4 is 0 Å². The number of fused-ring (bicyclic) bond motifs is 1. The summed E-state index contributed by atoms with van der Waals surface area (Å²) >= 11 is 0. The lowest BCUT2D eigenvalue weighted by atomic mass is 9.72. The van der Waals surface area contributed by atoms with E-state index in [0.717, 1.165) is 43.2 Å². The van der Waals surface area contributed by atoms with Gasteiger partial charge in [0.15, 0.2) is 5.78 Å². The van der Waals surface area contributed by atoms with Crippen LogP contribution in [0.15, 0.2) is 12.1 Å². The van der Waals surface area contributed by atoms with E-state index >= 15 is 0 Å². The molecule has 0 heterocycles. The Morgan fingerprint density at radius 1 is 1.07 bits per heavy atom. The maximum atomic E-state index is 12.8. The van der Waals surface area contributed by atoms with Crippen LogP contribution in [-0.2, 0) is 16.0 Å². The van der Waals surface area contributed by atoms with E-state index in [9.17, 15) is 14.4 Å². The molecule has 1 aliphatic rings. The molecule has 1 aromatic carbocycles. The molecule has 0 aliphatic heterocycles. The van der Waals surface area contributed by atoms with Crippen LogP contribution in [-0.4, -0.2) is 17.3 Å². The molecule has 0 spiro atoms. The molecule has 3 atom stereocenters. The third-order valence-electron chi connectivity index (χ3n) is 5.96. The van der Waals surface area contributed by atoms with Crippen LogP contribution in [0.4, 0.5) is 0 Å². The molecular weight excluding hydrogens is 372 g/mol. The molecule has 1 aromatic rings. The van der Waals surface area contributed by atoms with Crippen LogP contribution in [0.25, 0.3) is 0 Å². The number of aryl methyl sites for hydroxylation is 2. The second kappa shape index (κ2) is 12.8. The van der Waals surface area contributed by atoms with E-state index in [-0.39, 0.29) is 35.6 Å². The summed E-state index contributed by atoms with van der Waals surface area (Å²) in [6.45, 7) is 14.0. The Kier molecular flexibility index (Phi) is 11.2. The minimum absolute atomic E-state index is 0.0452. The minimum atomic E-state index is -0.0652. The number of benzene rings is 1. The van der Waals surface area contributed by atoms with Gasteiger partial charge in [0.25, 0.3) is 0 Å². The van der Waals surface area contributed by atoms with Crippen LogP contribution in [0.5, 0.6) is 0 Å². The molecule has 30 heavy (non-hydrogen) atoms. The molecule has 1 aliphatic carbocycles. The third kappa shape index (κ3) is 7.49. The van der Waals surface area contributed by atoms with Gasteiger partial charge in [-0.2, -0.15) is 0 Å². The summed E-state index contributed by atoms with van der Waals surface area (Å²) < 4.78 is 0. The smallest absolute Gasteiger partial charge is 0.163 e. The molecule has 0 fully saturated rings. The van der Waals surface area contributed by atoms with Gasteiger partial charge in [-0.3, -0.25) is 14.4 Å². The van der Waals surface area contributed by atoms with Gasteiger partial charge in [0.1, 0.15) is 11.6 Å². The molecule has 0 aromatic heterocycles. The fraction of sp³-hybridized carbons (Fsp3) is 0.667. The topological polar surface area (TPSA) is 51.2 Å². The highest BCUT2D eigenvalue weighted by Crippen LogP contribution is 2.36. The number of hydrogen-bond donors (Lipinski definition) is 0. The Bertz CT molecular complexity index is 732. The highest BCUT2D eigenvalue weighted by molar-refractivity contribution is 6.00. The second-order valence-corrected chi connectivity index (χ2v) is 9.16. The zero-order chi connectivity index (χ0) is 22.8. The van der Waals surface area contributed by atoms with Crippen molar-refractivity contribution in [3.05, 3.63) is 34.4 Å². The molecule has 3 unspecified atom stereocenters. The van der Waals surface area contributed by atoms with Crippen LogP contribution in [0.1, 0.15) is 107 Å². The van der Waals surface area contributed by atoms with Crippen molar-refractivity contribution in [2.75, 3.05) is 0 Å². The Labute approximate surface area is 184 Å². The van der Waals surface area contributed by atoms with Gasteiger partial charge in [0, 0.05) is 17.9 Å². The first-order valence-electron chi connectivity index (χ1n) is 11.8. The number of rotatable bonds is 9. The van der Waals surface area contributed by atoms with E-state index < -0.39 is 0 Å². The summed E-state index contributed by atoms with van der Waals surface area (Å²) in [6.07, 6.45) is 6.45. The number of carbonyl (C=O) groups is 3. The second-order valence-electron chi connectivity index (χ2n) is 9.16. The van der Waals surface area contributed by atoms with Crippen molar-refractivity contribution in [3.63, 3.8) is 0 Å². The largest absolute Gasteiger partial charge is 0.300 e. The molecule has 0 bridgehead atoms. The van der Waals surface area contributed by atoms with Crippen molar-refractivity contribution < 1.29 is 14.4 Å². The molecule has 3 nitrogen and oxygen atoms in total. The molecule has 0 saturated carbocycles. The first kappa shape index (κ1) is 26.3. The normalized spacial score (nSPS) is 17.4. The molecule has 168 valence electrons. The number of ketones is 3. The van der Waals surface area contributed by atoms with E-state index in [2.05, 4.69) is 39.8 Å². The van der Waals surface area contributed by atoms with Gasteiger partial charge < -0.3 is 0 Å². The maximum absolute atomic E-state index is 12.8. The van der Waals surface area contributed by atoms with E-state index in [1.807, 2.05) is 13.8 Å². The Balaban J connectivity index is 0.00000141. The van der Waals surface area contributed by atoms with Crippen molar-refractivity contribution in [1.82, 2.24) is 0 Å². The number of Topliss-reactive ketones (excluding diaryl/α,β-unsaturated/α-hetero) is 3. The van der Waals surface area contributed by atoms with E-state index in [1.165, 1.54) is 24.5 Å². The Morgan fingerprint density at radius 3 is 2.23 bits per heavy atom. The van der Waals surface area contributed by atoms with Crippen molar-refractivity contribution in [2.24, 2.45) is 17.8 Å². The van der Waals surface area contributed by atoms with Gasteiger partial charge in [-0.1, -0.05) is 64.7 Å². The van der Waals surface area contributed by atoms with E-state index in [1.54, 1.807) is 0 Å². The van der Waals surface area contributed by atoms with Crippen LogP contribution in [0.3, 0.4) is 0 Å². The van der Waals surface area contributed by atoms with E-state index in [4.69, 9.17) is 0 Å². The maximum Gasteiger partial charge on any atom is 0.163 e. The summed E-state index contributed by atoms with van der Waals surface area (Å²) in [4.78, 5) is 36.8. The van der Waals surface area contributed by atoms with E-state index in [0.29, 0.717) is 12.3 Å². The molecule has 0 N–H and O–H groups in total. The third-order valence-corrected chi connectivity index (χ3v) is 5.96. The fourth-order valence-electron chi connectivity index (χ4n) is 5.01. The highest BCUT2D eigenvalue weighted by atomic mass is 16.1. The lowest BCUT2D eigenvalue weighted by molar-refractivity contribution is -0.129. The van der Waals surface area contributed by atoms with Crippen LogP contribution in [0, 0.1) is 31.6 Å². The standard InChI is InChI=1S/C24H34O3.C3H8/c1-6-8-19(21(7-2)22(26)11-17(5)25)12-18-13-20-10-15(3)9-16(4)24(20)23(27)14-18;1-3-2/h9-10,18-19,21H,6-8,11-14H2,1-5H3;3H2,1-2H3. The average Bonchev–Trinajstić information content (AvgIpc) is 2.61. The first-order chi connectivity index (χ1) is 14.2. The molecular formula is C27H42O3. The van der Waals surface area contributed by atoms with Crippen LogP contribution >= 0.6 is 0 Å². The Morgan fingerprint density at radius 2 is 1.70 bits per heavy atom. The van der Waals surface area contributed by atoms with Crippen molar-refractivity contribution in [1.29, 1.82) is 0 Å². The summed E-state index contributed by atoms with van der Waals surface area (Å²) in [6, 6.07) is 4.24. The molecule has 0 saturated heterocycles. The zero-order valence-corrected chi connectivity index (χ0v) is 20.3. The summed E-state index contributed by atoms with van der Waals surface area (Å²) in [5, 5.41) is 0. The average molecular weight is 415 g/mol. The number of carbonyl (C=O) groups excluding carboxylic acids is 3. The van der Waals surface area contributed by atoms with Crippen LogP contribution in [0.2, 0.25) is 0 Å².